The molecular formula is C7H13NO7. The number of primary amides is 1. The van der Waals surface area contributed by atoms with Crippen LogP contribution in [0.1, 0.15) is 0 Å². The second-order valence-electron chi connectivity index (χ2n) is 2.90. The minimum absolute atomic E-state index is 0.879. The van der Waals surface area contributed by atoms with Crippen LogP contribution in [0.25, 0.3) is 0 Å². The van der Waals surface area contributed by atoms with Crippen LogP contribution in [0.4, 0.5) is 0 Å². The molecule has 0 aromatic rings. The van der Waals surface area contributed by atoms with E-state index >= 15 is 0 Å². The molecule has 0 spiro atoms. The van der Waals surface area contributed by atoms with Gasteiger partial charge in [0.1, 0.15) is 18.3 Å². The molecule has 0 aromatic carbocycles. The summed E-state index contributed by atoms with van der Waals surface area (Å²) in [6, 6.07) is 0. The number of hydrogen-bond acceptors (Lipinski definition) is 7. The molecule has 8 nitrogen and oxygen atoms in total. The molecule has 0 saturated carbocycles. The maximum Gasteiger partial charge on any atom is 0.287 e. The highest BCUT2D eigenvalue weighted by Crippen LogP contribution is 2.05. The van der Waals surface area contributed by atoms with E-state index in [1.165, 1.54) is 0 Å². The second kappa shape index (κ2) is 5.73. The zero-order chi connectivity index (χ0) is 12.2. The summed E-state index contributed by atoms with van der Waals surface area (Å²) in [5.74, 6) is -2.97. The van der Waals surface area contributed by atoms with Crippen molar-refractivity contribution in [2.75, 3.05) is 6.61 Å². The van der Waals surface area contributed by atoms with Gasteiger partial charge in [-0.3, -0.25) is 9.59 Å². The zero-order valence-electron chi connectivity index (χ0n) is 7.65. The molecule has 8 heteroatoms. The van der Waals surface area contributed by atoms with Crippen molar-refractivity contribution in [1.82, 2.24) is 0 Å². The molecule has 15 heavy (non-hydrogen) atoms. The molecule has 4 unspecified atom stereocenters. The van der Waals surface area contributed by atoms with Gasteiger partial charge < -0.3 is 31.3 Å². The van der Waals surface area contributed by atoms with Crippen molar-refractivity contribution in [3.8, 4) is 0 Å². The smallest absolute Gasteiger partial charge is 0.287 e. The first-order valence-electron chi connectivity index (χ1n) is 3.99. The predicted octanol–water partition coefficient (Wildman–Crippen LogP) is -4.52. The van der Waals surface area contributed by atoms with Crippen LogP contribution in [-0.4, -0.2) is 68.2 Å². The fraction of sp³-hybridized carbons (Fsp3) is 0.714. The molecule has 0 aliphatic heterocycles. The Morgan fingerprint density at radius 2 is 1.53 bits per heavy atom. The summed E-state index contributed by atoms with van der Waals surface area (Å²) in [6.07, 6.45) is -8.05. The van der Waals surface area contributed by atoms with Crippen LogP contribution >= 0.6 is 0 Å². The van der Waals surface area contributed by atoms with E-state index in [2.05, 4.69) is 5.73 Å². The Balaban J connectivity index is 4.50. The van der Waals surface area contributed by atoms with Crippen molar-refractivity contribution in [3.05, 3.63) is 0 Å². The average molecular weight is 223 g/mol. The lowest BCUT2D eigenvalue weighted by Gasteiger charge is -2.23. The third kappa shape index (κ3) is 3.53. The summed E-state index contributed by atoms with van der Waals surface area (Å²) in [4.78, 5) is 21.1. The van der Waals surface area contributed by atoms with Gasteiger partial charge in [-0.1, -0.05) is 0 Å². The van der Waals surface area contributed by atoms with Crippen molar-refractivity contribution in [1.29, 1.82) is 0 Å². The SMILES string of the molecule is NC(=O)C(=O)C(O)C(O)C(O)C(O)CO. The number of aliphatic hydroxyl groups excluding tert-OH is 5. The predicted molar refractivity (Wildman–Crippen MR) is 45.3 cm³/mol. The van der Waals surface area contributed by atoms with Crippen LogP contribution in [0.3, 0.4) is 0 Å². The van der Waals surface area contributed by atoms with E-state index in [0.29, 0.717) is 0 Å². The van der Waals surface area contributed by atoms with Crippen molar-refractivity contribution in [3.63, 3.8) is 0 Å². The van der Waals surface area contributed by atoms with Gasteiger partial charge in [0, 0.05) is 0 Å². The van der Waals surface area contributed by atoms with Crippen molar-refractivity contribution < 1.29 is 35.1 Å². The van der Waals surface area contributed by atoms with Crippen LogP contribution in [0, 0.1) is 0 Å². The molecule has 0 bridgehead atoms. The van der Waals surface area contributed by atoms with E-state index in [1.54, 1.807) is 0 Å². The number of carbonyl (C=O) groups is 2. The van der Waals surface area contributed by atoms with Gasteiger partial charge in [0.05, 0.1) is 6.61 Å². The number of rotatable bonds is 6. The van der Waals surface area contributed by atoms with Gasteiger partial charge in [0.15, 0.2) is 6.10 Å². The summed E-state index contributed by atoms with van der Waals surface area (Å²) >= 11 is 0. The number of hydrogen-bond donors (Lipinski definition) is 6. The number of Topliss-reactive ketones (excluding diaryl/α,β-unsaturated/α-hetero) is 1. The highest BCUT2D eigenvalue weighted by atomic mass is 16.4. The molecule has 0 fully saturated rings. The summed E-state index contributed by atoms with van der Waals surface area (Å²) in [6.45, 7) is -0.879. The minimum atomic E-state index is -2.24. The Morgan fingerprint density at radius 1 is 1.07 bits per heavy atom. The van der Waals surface area contributed by atoms with Crippen molar-refractivity contribution in [2.45, 2.75) is 24.4 Å². The Labute approximate surface area is 84.6 Å². The lowest BCUT2D eigenvalue weighted by Crippen LogP contribution is -2.51. The Hall–Kier alpha value is -1.06. The van der Waals surface area contributed by atoms with Crippen molar-refractivity contribution in [2.24, 2.45) is 5.73 Å². The third-order valence-corrected chi connectivity index (χ3v) is 1.77. The van der Waals surface area contributed by atoms with E-state index in [0.717, 1.165) is 0 Å². The Morgan fingerprint density at radius 3 is 1.87 bits per heavy atom. The monoisotopic (exact) mass is 223 g/mol. The summed E-state index contributed by atoms with van der Waals surface area (Å²) in [5.41, 5.74) is 4.53. The van der Waals surface area contributed by atoms with Crippen LogP contribution in [0.2, 0.25) is 0 Å². The van der Waals surface area contributed by atoms with Gasteiger partial charge in [-0.15, -0.1) is 0 Å². The lowest BCUT2D eigenvalue weighted by molar-refractivity contribution is -0.153. The number of amides is 1. The maximum absolute atomic E-state index is 10.8. The normalized spacial score (nSPS) is 19.0. The molecule has 0 saturated heterocycles. The first kappa shape index (κ1) is 13.9. The van der Waals surface area contributed by atoms with Crippen LogP contribution < -0.4 is 5.73 Å². The van der Waals surface area contributed by atoms with E-state index in [1.807, 2.05) is 0 Å². The first-order chi connectivity index (χ1) is 6.82. The molecule has 0 aliphatic rings. The largest absolute Gasteiger partial charge is 0.394 e. The van der Waals surface area contributed by atoms with Crippen LogP contribution in [-0.2, 0) is 9.59 Å². The summed E-state index contributed by atoms with van der Waals surface area (Å²) < 4.78 is 0. The molecule has 0 rings (SSSR count). The van der Waals surface area contributed by atoms with Gasteiger partial charge in [-0.25, -0.2) is 0 Å². The minimum Gasteiger partial charge on any atom is -0.394 e. The fourth-order valence-corrected chi connectivity index (χ4v) is 0.823. The van der Waals surface area contributed by atoms with Crippen LogP contribution in [0.15, 0.2) is 0 Å². The van der Waals surface area contributed by atoms with Crippen molar-refractivity contribution >= 4 is 11.7 Å². The van der Waals surface area contributed by atoms with Gasteiger partial charge >= 0.3 is 0 Å². The third-order valence-electron chi connectivity index (χ3n) is 1.77. The number of aliphatic hydroxyl groups is 5. The molecular weight excluding hydrogens is 210 g/mol. The molecule has 0 radical (unpaired) electrons. The molecule has 0 aromatic heterocycles. The second-order valence-corrected chi connectivity index (χ2v) is 2.90. The topological polar surface area (TPSA) is 161 Å². The summed E-state index contributed by atoms with van der Waals surface area (Å²) in [7, 11) is 0. The highest BCUT2D eigenvalue weighted by Gasteiger charge is 2.35. The molecule has 4 atom stereocenters. The molecule has 88 valence electrons. The quantitative estimate of drug-likeness (QED) is 0.247. The highest BCUT2D eigenvalue weighted by molar-refractivity contribution is 6.37. The lowest BCUT2D eigenvalue weighted by atomic mass is 10.0. The average Bonchev–Trinajstić information content (AvgIpc) is 2.23. The number of carbonyl (C=O) groups excluding carboxylic acids is 2. The van der Waals surface area contributed by atoms with E-state index in [-0.39, 0.29) is 0 Å². The fourth-order valence-electron chi connectivity index (χ4n) is 0.823. The number of nitrogens with two attached hydrogens (primary N) is 1. The Bertz CT molecular complexity index is 243. The molecule has 0 heterocycles. The zero-order valence-corrected chi connectivity index (χ0v) is 7.65. The Kier molecular flexibility index (Phi) is 5.33. The van der Waals surface area contributed by atoms with E-state index < -0.39 is 42.7 Å². The first-order valence-corrected chi connectivity index (χ1v) is 3.99. The van der Waals surface area contributed by atoms with Gasteiger partial charge in [-0.05, 0) is 0 Å². The maximum atomic E-state index is 10.8. The van der Waals surface area contributed by atoms with Crippen LogP contribution in [0.5, 0.6) is 0 Å². The van der Waals surface area contributed by atoms with Gasteiger partial charge in [0.2, 0.25) is 0 Å². The van der Waals surface area contributed by atoms with Gasteiger partial charge in [-0.2, -0.15) is 0 Å². The number of ketones is 1. The summed E-state index contributed by atoms with van der Waals surface area (Å²) in [5, 5.41) is 44.5. The molecule has 7 N–H and O–H groups in total. The van der Waals surface area contributed by atoms with E-state index in [4.69, 9.17) is 25.5 Å². The molecule has 1 amide bonds. The van der Waals surface area contributed by atoms with E-state index in [9.17, 15) is 9.59 Å². The van der Waals surface area contributed by atoms with Gasteiger partial charge in [0.25, 0.3) is 11.7 Å². The molecule has 0 aliphatic carbocycles. The standard InChI is InChI=1S/C7H13NO7/c8-7(15)6(14)5(13)4(12)3(11)2(10)1-9/h2-5,9-13H,1H2,(H2,8,15).